The molecule has 1 aliphatic rings. The standard InChI is InChI=1S/C20H35N5O2/c1-6-21-19(23-14-18(26)24-20(3,4)5)22-13-16(25-11-7-8-12-25)17-10-9-15(2)27-17/h9-10,16H,6-8,11-14H2,1-5H3,(H,24,26)(H2,21,22,23). The van der Waals surface area contributed by atoms with Gasteiger partial charge in [-0.05, 0) is 72.7 Å². The number of likely N-dealkylation sites (tertiary alicyclic amines) is 1. The van der Waals surface area contributed by atoms with Gasteiger partial charge < -0.3 is 20.4 Å². The van der Waals surface area contributed by atoms with Gasteiger partial charge in [0.05, 0.1) is 6.04 Å². The van der Waals surface area contributed by atoms with Crippen LogP contribution in [0.25, 0.3) is 0 Å². The number of furan rings is 1. The van der Waals surface area contributed by atoms with E-state index in [1.807, 2.05) is 40.7 Å². The number of hydrogen-bond acceptors (Lipinski definition) is 4. The summed E-state index contributed by atoms with van der Waals surface area (Å²) in [5.74, 6) is 2.46. The molecule has 1 aromatic rings. The fraction of sp³-hybridized carbons (Fsp3) is 0.700. The van der Waals surface area contributed by atoms with Crippen LogP contribution in [0.5, 0.6) is 0 Å². The maximum Gasteiger partial charge on any atom is 0.242 e. The average Bonchev–Trinajstić information content (AvgIpc) is 3.23. The lowest BCUT2D eigenvalue weighted by Gasteiger charge is -2.27. The first kappa shape index (κ1) is 21.3. The number of nitrogens with zero attached hydrogens (tertiary/aromatic N) is 2. The third-order valence-electron chi connectivity index (χ3n) is 4.37. The Balaban J connectivity index is 2.00. The topological polar surface area (TPSA) is 81.9 Å². The van der Waals surface area contributed by atoms with E-state index in [-0.39, 0.29) is 24.0 Å². The molecule has 2 rings (SSSR count). The third kappa shape index (κ3) is 7.25. The number of guanidine groups is 1. The van der Waals surface area contributed by atoms with E-state index in [1.165, 1.54) is 12.8 Å². The predicted octanol–water partition coefficient (Wildman–Crippen LogP) is 2.19. The van der Waals surface area contributed by atoms with Crippen molar-refractivity contribution in [1.29, 1.82) is 0 Å². The second kappa shape index (κ2) is 9.78. The Labute approximate surface area is 163 Å². The summed E-state index contributed by atoms with van der Waals surface area (Å²) in [6.07, 6.45) is 2.44. The number of nitrogens with one attached hydrogen (secondary N) is 3. The summed E-state index contributed by atoms with van der Waals surface area (Å²) in [5.41, 5.74) is -0.254. The summed E-state index contributed by atoms with van der Waals surface area (Å²) in [7, 11) is 0. The number of aryl methyl sites for hydroxylation is 1. The molecule has 0 aromatic carbocycles. The third-order valence-corrected chi connectivity index (χ3v) is 4.37. The van der Waals surface area contributed by atoms with Crippen LogP contribution >= 0.6 is 0 Å². The van der Waals surface area contributed by atoms with Gasteiger partial charge in [-0.15, -0.1) is 0 Å². The number of rotatable bonds is 7. The van der Waals surface area contributed by atoms with Crippen LogP contribution in [0.15, 0.2) is 21.5 Å². The fourth-order valence-electron chi connectivity index (χ4n) is 3.24. The number of hydrogen-bond donors (Lipinski definition) is 3. The second-order valence-electron chi connectivity index (χ2n) is 8.08. The monoisotopic (exact) mass is 377 g/mol. The van der Waals surface area contributed by atoms with Crippen molar-refractivity contribution >= 4 is 11.9 Å². The van der Waals surface area contributed by atoms with Crippen LogP contribution in [0, 0.1) is 6.92 Å². The van der Waals surface area contributed by atoms with Gasteiger partial charge in [0.15, 0.2) is 5.96 Å². The highest BCUT2D eigenvalue weighted by Gasteiger charge is 2.26. The summed E-state index contributed by atoms with van der Waals surface area (Å²) in [6, 6.07) is 4.23. The zero-order valence-corrected chi connectivity index (χ0v) is 17.4. The molecule has 3 N–H and O–H groups in total. The van der Waals surface area contributed by atoms with Crippen molar-refractivity contribution in [3.05, 3.63) is 23.7 Å². The van der Waals surface area contributed by atoms with Gasteiger partial charge in [-0.2, -0.15) is 0 Å². The molecule has 1 aliphatic heterocycles. The highest BCUT2D eigenvalue weighted by Crippen LogP contribution is 2.26. The molecule has 1 fully saturated rings. The van der Waals surface area contributed by atoms with Gasteiger partial charge in [0.2, 0.25) is 5.91 Å². The zero-order valence-electron chi connectivity index (χ0n) is 17.4. The summed E-state index contributed by atoms with van der Waals surface area (Å²) >= 11 is 0. The number of aliphatic imine (C=N–C) groups is 1. The zero-order chi connectivity index (χ0) is 19.9. The predicted molar refractivity (Wildman–Crippen MR) is 109 cm³/mol. The van der Waals surface area contributed by atoms with E-state index < -0.39 is 0 Å². The van der Waals surface area contributed by atoms with Gasteiger partial charge in [-0.3, -0.25) is 9.69 Å². The second-order valence-corrected chi connectivity index (χ2v) is 8.08. The van der Waals surface area contributed by atoms with Gasteiger partial charge >= 0.3 is 0 Å². The lowest BCUT2D eigenvalue weighted by Crippen LogP contribution is -2.44. The van der Waals surface area contributed by atoms with Crippen LogP contribution in [0.3, 0.4) is 0 Å². The Kier molecular flexibility index (Phi) is 7.71. The van der Waals surface area contributed by atoms with E-state index in [4.69, 9.17) is 4.42 Å². The molecular weight excluding hydrogens is 342 g/mol. The minimum atomic E-state index is -0.254. The molecule has 0 aliphatic carbocycles. The van der Waals surface area contributed by atoms with Gasteiger partial charge in [0, 0.05) is 18.6 Å². The SMILES string of the molecule is CCNC(=NCC(=O)NC(C)(C)C)NCC(c1ccc(C)o1)N1CCCC1. The van der Waals surface area contributed by atoms with Crippen molar-refractivity contribution in [1.82, 2.24) is 20.9 Å². The minimum absolute atomic E-state index is 0.0857. The van der Waals surface area contributed by atoms with Crippen molar-refractivity contribution in [2.75, 3.05) is 32.7 Å². The Morgan fingerprint density at radius 1 is 1.26 bits per heavy atom. The van der Waals surface area contributed by atoms with E-state index in [1.54, 1.807) is 0 Å². The number of carbonyl (C=O) groups is 1. The summed E-state index contributed by atoms with van der Waals surface area (Å²) < 4.78 is 5.90. The quantitative estimate of drug-likeness (QED) is 0.501. The maximum atomic E-state index is 12.0. The molecule has 2 heterocycles. The molecule has 0 radical (unpaired) electrons. The fourth-order valence-corrected chi connectivity index (χ4v) is 3.24. The smallest absolute Gasteiger partial charge is 0.242 e. The summed E-state index contributed by atoms with van der Waals surface area (Å²) in [6.45, 7) is 13.5. The van der Waals surface area contributed by atoms with Crippen molar-refractivity contribution < 1.29 is 9.21 Å². The molecule has 0 spiro atoms. The van der Waals surface area contributed by atoms with Crippen molar-refractivity contribution in [2.45, 2.75) is 59.0 Å². The van der Waals surface area contributed by atoms with Crippen LogP contribution < -0.4 is 16.0 Å². The molecule has 0 saturated carbocycles. The molecule has 1 atom stereocenters. The molecule has 1 amide bonds. The number of amides is 1. The largest absolute Gasteiger partial charge is 0.465 e. The van der Waals surface area contributed by atoms with Crippen LogP contribution in [0.2, 0.25) is 0 Å². The molecule has 1 aromatic heterocycles. The summed E-state index contributed by atoms with van der Waals surface area (Å²) in [4.78, 5) is 18.9. The first-order chi connectivity index (χ1) is 12.8. The molecule has 1 saturated heterocycles. The van der Waals surface area contributed by atoms with E-state index >= 15 is 0 Å². The molecule has 0 bridgehead atoms. The van der Waals surface area contributed by atoms with E-state index in [9.17, 15) is 4.79 Å². The number of carbonyl (C=O) groups excluding carboxylic acids is 1. The van der Waals surface area contributed by atoms with Crippen molar-refractivity contribution in [3.8, 4) is 0 Å². The maximum absolute atomic E-state index is 12.0. The molecule has 7 heteroatoms. The molecule has 1 unspecified atom stereocenters. The van der Waals surface area contributed by atoms with Gasteiger partial charge in [0.1, 0.15) is 18.1 Å². The minimum Gasteiger partial charge on any atom is -0.465 e. The lowest BCUT2D eigenvalue weighted by molar-refractivity contribution is -0.121. The normalized spacial score (nSPS) is 17.0. The molecule has 7 nitrogen and oxygen atoms in total. The van der Waals surface area contributed by atoms with Gasteiger partial charge in [0.25, 0.3) is 0 Å². The average molecular weight is 378 g/mol. The van der Waals surface area contributed by atoms with Crippen LogP contribution in [0.4, 0.5) is 0 Å². The van der Waals surface area contributed by atoms with Crippen molar-refractivity contribution in [2.24, 2.45) is 4.99 Å². The van der Waals surface area contributed by atoms with Gasteiger partial charge in [-0.25, -0.2) is 4.99 Å². The van der Waals surface area contributed by atoms with Gasteiger partial charge in [-0.1, -0.05) is 0 Å². The lowest BCUT2D eigenvalue weighted by atomic mass is 10.1. The van der Waals surface area contributed by atoms with Crippen molar-refractivity contribution in [3.63, 3.8) is 0 Å². The first-order valence-corrected chi connectivity index (χ1v) is 9.92. The Morgan fingerprint density at radius 3 is 2.52 bits per heavy atom. The van der Waals surface area contributed by atoms with Crippen LogP contribution in [-0.4, -0.2) is 55.0 Å². The Bertz CT molecular complexity index is 627. The Hall–Kier alpha value is -2.02. The van der Waals surface area contributed by atoms with Crippen LogP contribution in [0.1, 0.15) is 58.1 Å². The van der Waals surface area contributed by atoms with E-state index in [0.717, 1.165) is 31.2 Å². The summed E-state index contributed by atoms with van der Waals surface area (Å²) in [5, 5.41) is 9.52. The molecular formula is C20H35N5O2. The molecule has 27 heavy (non-hydrogen) atoms. The van der Waals surface area contributed by atoms with Crippen LogP contribution in [-0.2, 0) is 4.79 Å². The van der Waals surface area contributed by atoms with E-state index in [0.29, 0.717) is 12.5 Å². The molecule has 152 valence electrons. The van der Waals surface area contributed by atoms with E-state index in [2.05, 4.69) is 31.9 Å². The highest BCUT2D eigenvalue weighted by molar-refractivity contribution is 5.85. The first-order valence-electron chi connectivity index (χ1n) is 9.92. The Morgan fingerprint density at radius 2 is 1.96 bits per heavy atom. The highest BCUT2D eigenvalue weighted by atomic mass is 16.3.